The first-order chi connectivity index (χ1) is 11.1. The van der Waals surface area contributed by atoms with Crippen molar-refractivity contribution in [1.82, 2.24) is 4.90 Å². The number of nitrogens with one attached hydrogen (secondary N) is 1. The smallest absolute Gasteiger partial charge is 0.404 e. The Morgan fingerprint density at radius 1 is 1.29 bits per heavy atom. The SMILES string of the molecule is CC(C)CC(CN=C(N)Nc1ccccc1OC(F)(F)F)N(C)C. The Morgan fingerprint density at radius 3 is 2.46 bits per heavy atom. The molecular formula is C16H25F3N4O. The molecule has 0 amide bonds. The van der Waals surface area contributed by atoms with E-state index in [9.17, 15) is 13.2 Å². The Balaban J connectivity index is 2.78. The molecule has 0 aliphatic carbocycles. The van der Waals surface area contributed by atoms with Gasteiger partial charge in [0.1, 0.15) is 0 Å². The summed E-state index contributed by atoms with van der Waals surface area (Å²) in [5, 5.41) is 2.66. The monoisotopic (exact) mass is 346 g/mol. The molecule has 0 fully saturated rings. The molecule has 0 saturated carbocycles. The average molecular weight is 346 g/mol. The van der Waals surface area contributed by atoms with E-state index in [1.165, 1.54) is 18.2 Å². The number of nitrogens with two attached hydrogens (primary N) is 1. The predicted molar refractivity (Wildman–Crippen MR) is 90.2 cm³/mol. The number of halogens is 3. The number of para-hydroxylation sites is 2. The van der Waals surface area contributed by atoms with Gasteiger partial charge in [-0.2, -0.15) is 0 Å². The molecule has 24 heavy (non-hydrogen) atoms. The topological polar surface area (TPSA) is 62.9 Å². The number of hydrogen-bond donors (Lipinski definition) is 2. The molecular weight excluding hydrogens is 321 g/mol. The van der Waals surface area contributed by atoms with Crippen molar-refractivity contribution < 1.29 is 17.9 Å². The number of alkyl halides is 3. The number of ether oxygens (including phenoxy) is 1. The molecule has 1 rings (SSSR count). The van der Waals surface area contributed by atoms with E-state index < -0.39 is 6.36 Å². The van der Waals surface area contributed by atoms with Gasteiger partial charge in [0.25, 0.3) is 0 Å². The zero-order valence-electron chi connectivity index (χ0n) is 14.4. The normalized spacial score (nSPS) is 14.1. The van der Waals surface area contributed by atoms with Crippen LogP contribution in [0.3, 0.4) is 0 Å². The fourth-order valence-corrected chi connectivity index (χ4v) is 2.16. The lowest BCUT2D eigenvalue weighted by atomic mass is 10.0. The van der Waals surface area contributed by atoms with Crippen molar-refractivity contribution in [2.24, 2.45) is 16.6 Å². The third-order valence-corrected chi connectivity index (χ3v) is 3.32. The number of likely N-dealkylation sites (N-methyl/N-ethyl adjacent to an activating group) is 1. The largest absolute Gasteiger partial charge is 0.573 e. The molecule has 0 heterocycles. The second-order valence-corrected chi connectivity index (χ2v) is 6.14. The predicted octanol–water partition coefficient (Wildman–Crippen LogP) is 3.29. The molecule has 1 atom stereocenters. The molecule has 0 radical (unpaired) electrons. The van der Waals surface area contributed by atoms with Crippen molar-refractivity contribution in [3.8, 4) is 5.75 Å². The molecule has 0 saturated heterocycles. The number of benzene rings is 1. The molecule has 136 valence electrons. The van der Waals surface area contributed by atoms with Gasteiger partial charge < -0.3 is 20.7 Å². The summed E-state index contributed by atoms with van der Waals surface area (Å²) in [6.45, 7) is 4.69. The quantitative estimate of drug-likeness (QED) is 0.587. The van der Waals surface area contributed by atoms with E-state index in [0.29, 0.717) is 12.5 Å². The zero-order valence-corrected chi connectivity index (χ0v) is 14.4. The van der Waals surface area contributed by atoms with E-state index in [-0.39, 0.29) is 23.4 Å². The van der Waals surface area contributed by atoms with Crippen LogP contribution in [0, 0.1) is 5.92 Å². The third kappa shape index (κ3) is 7.54. The molecule has 8 heteroatoms. The van der Waals surface area contributed by atoms with Gasteiger partial charge in [-0.3, -0.25) is 4.99 Å². The molecule has 5 nitrogen and oxygen atoms in total. The van der Waals surface area contributed by atoms with Gasteiger partial charge in [-0.25, -0.2) is 0 Å². The van der Waals surface area contributed by atoms with Gasteiger partial charge in [0.15, 0.2) is 11.7 Å². The molecule has 1 unspecified atom stereocenters. The molecule has 0 aliphatic heterocycles. The lowest BCUT2D eigenvalue weighted by molar-refractivity contribution is -0.274. The highest BCUT2D eigenvalue weighted by atomic mass is 19.4. The Labute approximate surface area is 140 Å². The molecule has 1 aromatic rings. The van der Waals surface area contributed by atoms with Crippen LogP contribution in [0.5, 0.6) is 5.75 Å². The lowest BCUT2D eigenvalue weighted by Crippen LogP contribution is -2.34. The third-order valence-electron chi connectivity index (χ3n) is 3.32. The van der Waals surface area contributed by atoms with Crippen LogP contribution < -0.4 is 15.8 Å². The summed E-state index contributed by atoms with van der Waals surface area (Å²) in [5.41, 5.74) is 5.91. The van der Waals surface area contributed by atoms with Crippen molar-refractivity contribution in [2.75, 3.05) is 26.0 Å². The molecule has 0 spiro atoms. The van der Waals surface area contributed by atoms with E-state index in [1.54, 1.807) is 6.07 Å². The van der Waals surface area contributed by atoms with Gasteiger partial charge in [-0.15, -0.1) is 13.2 Å². The summed E-state index contributed by atoms with van der Waals surface area (Å²) in [7, 11) is 3.91. The van der Waals surface area contributed by atoms with E-state index in [4.69, 9.17) is 5.73 Å². The van der Waals surface area contributed by atoms with Gasteiger partial charge >= 0.3 is 6.36 Å². The minimum Gasteiger partial charge on any atom is -0.404 e. The van der Waals surface area contributed by atoms with Crippen LogP contribution in [0.4, 0.5) is 18.9 Å². The summed E-state index contributed by atoms with van der Waals surface area (Å²) in [5.74, 6) is 0.195. The van der Waals surface area contributed by atoms with E-state index >= 15 is 0 Å². The maximum Gasteiger partial charge on any atom is 0.573 e. The Bertz CT molecular complexity index is 544. The van der Waals surface area contributed by atoms with Crippen LogP contribution in [0.25, 0.3) is 0 Å². The van der Waals surface area contributed by atoms with Crippen LogP contribution in [0.15, 0.2) is 29.3 Å². The first-order valence-electron chi connectivity index (χ1n) is 7.66. The van der Waals surface area contributed by atoms with Crippen LogP contribution in [0.2, 0.25) is 0 Å². The Hall–Kier alpha value is -1.96. The number of rotatable bonds is 7. The summed E-state index contributed by atoms with van der Waals surface area (Å²) in [6.07, 6.45) is -3.82. The Kier molecular flexibility index (Phi) is 7.34. The van der Waals surface area contributed by atoms with Gasteiger partial charge in [0.05, 0.1) is 12.2 Å². The number of nitrogens with zero attached hydrogens (tertiary/aromatic N) is 2. The van der Waals surface area contributed by atoms with Crippen LogP contribution in [-0.2, 0) is 0 Å². The second kappa shape index (κ2) is 8.77. The minimum atomic E-state index is -4.77. The van der Waals surface area contributed by atoms with Crippen LogP contribution in [-0.4, -0.2) is 43.9 Å². The van der Waals surface area contributed by atoms with Crippen molar-refractivity contribution >= 4 is 11.6 Å². The van der Waals surface area contributed by atoms with Crippen LogP contribution in [0.1, 0.15) is 20.3 Å². The highest BCUT2D eigenvalue weighted by Crippen LogP contribution is 2.29. The van der Waals surface area contributed by atoms with Crippen LogP contribution >= 0.6 is 0 Å². The van der Waals surface area contributed by atoms with Gasteiger partial charge in [-0.1, -0.05) is 26.0 Å². The number of guanidine groups is 1. The fraction of sp³-hybridized carbons (Fsp3) is 0.562. The number of anilines is 1. The standard InChI is InChI=1S/C16H25F3N4O/c1-11(2)9-12(23(3)4)10-21-15(20)22-13-7-5-6-8-14(13)24-16(17,18)19/h5-8,11-12H,9-10H2,1-4H3,(H3,20,21,22). The molecule has 0 bridgehead atoms. The highest BCUT2D eigenvalue weighted by molar-refractivity contribution is 5.93. The first-order valence-corrected chi connectivity index (χ1v) is 7.66. The number of hydrogen-bond acceptors (Lipinski definition) is 3. The fourth-order valence-electron chi connectivity index (χ4n) is 2.16. The summed E-state index contributed by atoms with van der Waals surface area (Å²) in [4.78, 5) is 6.29. The maximum absolute atomic E-state index is 12.4. The summed E-state index contributed by atoms with van der Waals surface area (Å²) < 4.78 is 41.2. The summed E-state index contributed by atoms with van der Waals surface area (Å²) >= 11 is 0. The first kappa shape index (κ1) is 20.1. The van der Waals surface area contributed by atoms with E-state index in [1.807, 2.05) is 14.1 Å². The van der Waals surface area contributed by atoms with Crippen molar-refractivity contribution in [3.05, 3.63) is 24.3 Å². The second-order valence-electron chi connectivity index (χ2n) is 6.14. The van der Waals surface area contributed by atoms with Crippen molar-refractivity contribution in [1.29, 1.82) is 0 Å². The van der Waals surface area contributed by atoms with Crippen molar-refractivity contribution in [2.45, 2.75) is 32.7 Å². The minimum absolute atomic E-state index is 0.0452. The number of aliphatic imine (C=N–C) groups is 1. The molecule has 0 aliphatic rings. The van der Waals surface area contributed by atoms with Gasteiger partial charge in [0, 0.05) is 6.04 Å². The molecule has 3 N–H and O–H groups in total. The highest BCUT2D eigenvalue weighted by Gasteiger charge is 2.32. The zero-order chi connectivity index (χ0) is 18.3. The average Bonchev–Trinajstić information content (AvgIpc) is 2.43. The Morgan fingerprint density at radius 2 is 1.92 bits per heavy atom. The van der Waals surface area contributed by atoms with E-state index in [2.05, 4.69) is 33.8 Å². The van der Waals surface area contributed by atoms with Gasteiger partial charge in [-0.05, 0) is 38.6 Å². The molecule has 0 aromatic heterocycles. The van der Waals surface area contributed by atoms with Crippen molar-refractivity contribution in [3.63, 3.8) is 0 Å². The lowest BCUT2D eigenvalue weighted by Gasteiger charge is -2.24. The van der Waals surface area contributed by atoms with E-state index in [0.717, 1.165) is 6.42 Å². The maximum atomic E-state index is 12.4. The molecule has 1 aromatic carbocycles. The summed E-state index contributed by atoms with van der Waals surface area (Å²) in [6, 6.07) is 5.89. The van der Waals surface area contributed by atoms with Gasteiger partial charge in [0.2, 0.25) is 0 Å².